The number of aryl methyl sites for hydroxylation is 1. The summed E-state index contributed by atoms with van der Waals surface area (Å²) in [6.07, 6.45) is 6.09. The summed E-state index contributed by atoms with van der Waals surface area (Å²) in [4.78, 5) is 4.39. The Morgan fingerprint density at radius 1 is 1.29 bits per heavy atom. The maximum Gasteiger partial charge on any atom is 0.0623 e. The molecule has 0 spiro atoms. The van der Waals surface area contributed by atoms with Gasteiger partial charge in [-0.05, 0) is 31.4 Å². The summed E-state index contributed by atoms with van der Waals surface area (Å²) in [5.74, 6) is 0.268. The number of hydrogen-bond acceptors (Lipinski definition) is 2. The molecule has 2 rings (SSSR count). The van der Waals surface area contributed by atoms with Gasteiger partial charge in [0.25, 0.3) is 0 Å². The molecule has 0 bridgehead atoms. The van der Waals surface area contributed by atoms with E-state index in [-0.39, 0.29) is 12.0 Å². The summed E-state index contributed by atoms with van der Waals surface area (Å²) in [5, 5.41) is 9.85. The molecule has 2 atom stereocenters. The van der Waals surface area contributed by atoms with Gasteiger partial charge in [0.15, 0.2) is 0 Å². The van der Waals surface area contributed by atoms with Crippen molar-refractivity contribution in [2.45, 2.75) is 44.6 Å². The van der Waals surface area contributed by atoms with Gasteiger partial charge in [0.1, 0.15) is 0 Å². The Morgan fingerprint density at radius 3 is 2.71 bits per heavy atom. The zero-order valence-corrected chi connectivity index (χ0v) is 8.61. The number of aliphatic hydroxyl groups excluding tert-OH is 1. The zero-order chi connectivity index (χ0) is 9.97. The number of aliphatic hydroxyl groups is 1. The Morgan fingerprint density at radius 2 is 2.07 bits per heavy atom. The first-order valence-electron chi connectivity index (χ1n) is 5.38. The Hall–Kier alpha value is -0.890. The fourth-order valence-corrected chi connectivity index (χ4v) is 2.15. The molecule has 1 fully saturated rings. The van der Waals surface area contributed by atoms with Crippen molar-refractivity contribution < 1.29 is 5.11 Å². The molecule has 2 heteroatoms. The van der Waals surface area contributed by atoms with Crippen molar-refractivity contribution >= 4 is 0 Å². The molecule has 1 aromatic heterocycles. The molecule has 2 nitrogen and oxygen atoms in total. The standard InChI is InChI=1S/C12H17NO/c1-9-6-7-11(13-8-9)10-4-2-3-5-12(10)14/h6-8,10,12,14H,2-5H2,1H3/t10-,12-/m1/s1. The monoisotopic (exact) mass is 191 g/mol. The highest BCUT2D eigenvalue weighted by molar-refractivity contribution is 5.17. The number of hydrogen-bond donors (Lipinski definition) is 1. The van der Waals surface area contributed by atoms with Crippen LogP contribution in [0.5, 0.6) is 0 Å². The molecule has 0 radical (unpaired) electrons. The van der Waals surface area contributed by atoms with Crippen LogP contribution in [0.1, 0.15) is 42.9 Å². The molecule has 1 aromatic rings. The van der Waals surface area contributed by atoms with E-state index >= 15 is 0 Å². The molecule has 14 heavy (non-hydrogen) atoms. The Balaban J connectivity index is 2.16. The van der Waals surface area contributed by atoms with E-state index in [2.05, 4.69) is 17.1 Å². The second-order valence-corrected chi connectivity index (χ2v) is 4.22. The van der Waals surface area contributed by atoms with Crippen molar-refractivity contribution in [3.05, 3.63) is 29.6 Å². The number of pyridine rings is 1. The van der Waals surface area contributed by atoms with Crippen LogP contribution in [0, 0.1) is 6.92 Å². The summed E-state index contributed by atoms with van der Waals surface area (Å²) < 4.78 is 0. The van der Waals surface area contributed by atoms with Gasteiger partial charge in [-0.2, -0.15) is 0 Å². The van der Waals surface area contributed by atoms with E-state index in [4.69, 9.17) is 0 Å². The minimum Gasteiger partial charge on any atom is -0.392 e. The lowest BCUT2D eigenvalue weighted by atomic mass is 9.84. The fourth-order valence-electron chi connectivity index (χ4n) is 2.15. The molecule has 0 aliphatic heterocycles. The van der Waals surface area contributed by atoms with Gasteiger partial charge in [-0.25, -0.2) is 0 Å². The quantitative estimate of drug-likeness (QED) is 0.739. The van der Waals surface area contributed by atoms with E-state index in [0.29, 0.717) is 0 Å². The summed E-state index contributed by atoms with van der Waals surface area (Å²) in [5.41, 5.74) is 2.24. The molecule has 1 aliphatic carbocycles. The lowest BCUT2D eigenvalue weighted by molar-refractivity contribution is 0.104. The largest absolute Gasteiger partial charge is 0.392 e. The second-order valence-electron chi connectivity index (χ2n) is 4.22. The fraction of sp³-hybridized carbons (Fsp3) is 0.583. The molecular weight excluding hydrogens is 174 g/mol. The third kappa shape index (κ3) is 1.95. The van der Waals surface area contributed by atoms with Gasteiger partial charge in [-0.3, -0.25) is 4.98 Å². The maximum absolute atomic E-state index is 9.85. The lowest BCUT2D eigenvalue weighted by Crippen LogP contribution is -2.23. The van der Waals surface area contributed by atoms with Crippen LogP contribution in [0.3, 0.4) is 0 Å². The predicted molar refractivity (Wildman–Crippen MR) is 56.2 cm³/mol. The smallest absolute Gasteiger partial charge is 0.0623 e. The van der Waals surface area contributed by atoms with Crippen LogP contribution < -0.4 is 0 Å². The van der Waals surface area contributed by atoms with Crippen LogP contribution in [0.25, 0.3) is 0 Å². The number of aromatic nitrogens is 1. The molecule has 1 aliphatic rings. The Bertz CT molecular complexity index is 294. The van der Waals surface area contributed by atoms with E-state index in [1.807, 2.05) is 13.1 Å². The van der Waals surface area contributed by atoms with Gasteiger partial charge < -0.3 is 5.11 Å². The van der Waals surface area contributed by atoms with Crippen molar-refractivity contribution in [3.8, 4) is 0 Å². The average Bonchev–Trinajstić information content (AvgIpc) is 2.20. The molecule has 0 saturated heterocycles. The van der Waals surface area contributed by atoms with E-state index in [1.165, 1.54) is 12.0 Å². The molecule has 1 heterocycles. The van der Waals surface area contributed by atoms with E-state index in [0.717, 1.165) is 25.0 Å². The van der Waals surface area contributed by atoms with Crippen LogP contribution in [0.2, 0.25) is 0 Å². The highest BCUT2D eigenvalue weighted by Gasteiger charge is 2.25. The van der Waals surface area contributed by atoms with Gasteiger partial charge in [-0.1, -0.05) is 18.9 Å². The predicted octanol–water partition coefficient (Wildman–Crippen LogP) is 2.41. The van der Waals surface area contributed by atoms with Crippen LogP contribution in [-0.2, 0) is 0 Å². The number of nitrogens with zero attached hydrogens (tertiary/aromatic N) is 1. The number of rotatable bonds is 1. The molecule has 0 amide bonds. The molecule has 0 unspecified atom stereocenters. The van der Waals surface area contributed by atoms with E-state index in [9.17, 15) is 5.11 Å². The Labute approximate surface area is 85.0 Å². The SMILES string of the molecule is Cc1ccc([C@H]2CCCC[C@H]2O)nc1. The summed E-state index contributed by atoms with van der Waals surface area (Å²) in [6, 6.07) is 4.12. The van der Waals surface area contributed by atoms with Crippen LogP contribution >= 0.6 is 0 Å². The summed E-state index contributed by atoms with van der Waals surface area (Å²) >= 11 is 0. The molecule has 1 N–H and O–H groups in total. The first kappa shape index (κ1) is 9.66. The third-order valence-electron chi connectivity index (χ3n) is 3.04. The molecule has 1 saturated carbocycles. The second kappa shape index (κ2) is 4.09. The first-order chi connectivity index (χ1) is 6.77. The topological polar surface area (TPSA) is 33.1 Å². The van der Waals surface area contributed by atoms with Gasteiger partial charge >= 0.3 is 0 Å². The average molecular weight is 191 g/mol. The van der Waals surface area contributed by atoms with Crippen molar-refractivity contribution in [2.24, 2.45) is 0 Å². The normalized spacial score (nSPS) is 27.6. The van der Waals surface area contributed by atoms with Gasteiger partial charge in [0.05, 0.1) is 6.10 Å². The van der Waals surface area contributed by atoms with Crippen LogP contribution in [-0.4, -0.2) is 16.2 Å². The maximum atomic E-state index is 9.85. The van der Waals surface area contributed by atoms with Crippen LogP contribution in [0.15, 0.2) is 18.3 Å². The molecular formula is C12H17NO. The van der Waals surface area contributed by atoms with Gasteiger partial charge in [-0.15, -0.1) is 0 Å². The lowest BCUT2D eigenvalue weighted by Gasteiger charge is -2.26. The molecule has 0 aromatic carbocycles. The first-order valence-corrected chi connectivity index (χ1v) is 5.38. The van der Waals surface area contributed by atoms with Crippen molar-refractivity contribution in [1.82, 2.24) is 4.98 Å². The Kier molecular flexibility index (Phi) is 2.82. The van der Waals surface area contributed by atoms with Crippen molar-refractivity contribution in [1.29, 1.82) is 0 Å². The van der Waals surface area contributed by atoms with Crippen molar-refractivity contribution in [3.63, 3.8) is 0 Å². The summed E-state index contributed by atoms with van der Waals surface area (Å²) in [7, 11) is 0. The highest BCUT2D eigenvalue weighted by atomic mass is 16.3. The zero-order valence-electron chi connectivity index (χ0n) is 8.61. The van der Waals surface area contributed by atoms with E-state index < -0.39 is 0 Å². The minimum atomic E-state index is -0.182. The highest BCUT2D eigenvalue weighted by Crippen LogP contribution is 2.31. The van der Waals surface area contributed by atoms with Crippen LogP contribution in [0.4, 0.5) is 0 Å². The van der Waals surface area contributed by atoms with E-state index in [1.54, 1.807) is 0 Å². The third-order valence-corrected chi connectivity index (χ3v) is 3.04. The minimum absolute atomic E-state index is 0.182. The molecule has 76 valence electrons. The van der Waals surface area contributed by atoms with Crippen molar-refractivity contribution in [2.75, 3.05) is 0 Å². The summed E-state index contributed by atoms with van der Waals surface area (Å²) in [6.45, 7) is 2.04. The van der Waals surface area contributed by atoms with Gasteiger partial charge in [0, 0.05) is 17.8 Å². The van der Waals surface area contributed by atoms with Gasteiger partial charge in [0.2, 0.25) is 0 Å².